The van der Waals surface area contributed by atoms with E-state index in [1.165, 1.54) is 24.3 Å². The summed E-state index contributed by atoms with van der Waals surface area (Å²) in [6, 6.07) is 4.82. The van der Waals surface area contributed by atoms with Gasteiger partial charge < -0.3 is 10.2 Å². The first kappa shape index (κ1) is 12.1. The fraction of sp³-hybridized carbons (Fsp3) is 0.692. The van der Waals surface area contributed by atoms with Crippen LogP contribution in [0.25, 0.3) is 0 Å². The molecule has 0 amide bonds. The molecule has 0 radical (unpaired) electrons. The van der Waals surface area contributed by atoms with Gasteiger partial charge in [0.15, 0.2) is 0 Å². The number of likely N-dealkylation sites (N-methyl/N-ethyl adjacent to an activating group) is 1. The van der Waals surface area contributed by atoms with Gasteiger partial charge in [-0.2, -0.15) is 0 Å². The Balaban J connectivity index is 1.59. The molecule has 1 saturated carbocycles. The lowest BCUT2D eigenvalue weighted by molar-refractivity contribution is 0.314. The lowest BCUT2D eigenvalue weighted by Crippen LogP contribution is -2.31. The molecule has 1 aliphatic rings. The van der Waals surface area contributed by atoms with E-state index in [9.17, 15) is 0 Å². The van der Waals surface area contributed by atoms with Crippen molar-refractivity contribution in [3.05, 3.63) is 22.4 Å². The molecule has 16 heavy (non-hydrogen) atoms. The van der Waals surface area contributed by atoms with Crippen molar-refractivity contribution in [2.75, 3.05) is 26.7 Å². The third kappa shape index (κ3) is 3.89. The Morgan fingerprint density at radius 1 is 1.56 bits per heavy atom. The lowest BCUT2D eigenvalue weighted by atomic mass is 10.3. The van der Waals surface area contributed by atoms with E-state index in [0.29, 0.717) is 6.04 Å². The maximum atomic E-state index is 3.58. The zero-order valence-electron chi connectivity index (χ0n) is 10.3. The Bertz CT molecular complexity index is 293. The van der Waals surface area contributed by atoms with E-state index < -0.39 is 0 Å². The lowest BCUT2D eigenvalue weighted by Gasteiger charge is -2.18. The van der Waals surface area contributed by atoms with Gasteiger partial charge in [0, 0.05) is 30.6 Å². The third-order valence-corrected chi connectivity index (χ3v) is 4.24. The quantitative estimate of drug-likeness (QED) is 0.786. The van der Waals surface area contributed by atoms with Crippen molar-refractivity contribution in [2.45, 2.75) is 25.8 Å². The fourth-order valence-corrected chi connectivity index (χ4v) is 2.70. The number of nitrogens with one attached hydrogen (secondary N) is 1. The minimum absolute atomic E-state index is 0.495. The molecular weight excluding hydrogens is 216 g/mol. The van der Waals surface area contributed by atoms with Crippen molar-refractivity contribution in [2.24, 2.45) is 5.92 Å². The van der Waals surface area contributed by atoms with Gasteiger partial charge in [-0.25, -0.2) is 0 Å². The van der Waals surface area contributed by atoms with E-state index in [1.807, 2.05) is 11.3 Å². The summed E-state index contributed by atoms with van der Waals surface area (Å²) in [5.41, 5.74) is 0. The Hall–Kier alpha value is -0.380. The topological polar surface area (TPSA) is 15.3 Å². The second kappa shape index (κ2) is 5.80. The van der Waals surface area contributed by atoms with Crippen LogP contribution in [0.15, 0.2) is 17.5 Å². The summed E-state index contributed by atoms with van der Waals surface area (Å²) < 4.78 is 0. The van der Waals surface area contributed by atoms with Crippen molar-refractivity contribution >= 4 is 11.3 Å². The summed E-state index contributed by atoms with van der Waals surface area (Å²) in [5, 5.41) is 5.72. The van der Waals surface area contributed by atoms with Crippen molar-refractivity contribution < 1.29 is 0 Å². The SMILES string of the molecule is CC(NCCN(C)CC1CC1)c1cccs1. The van der Waals surface area contributed by atoms with Gasteiger partial charge in [0.2, 0.25) is 0 Å². The molecule has 1 N–H and O–H groups in total. The second-order valence-electron chi connectivity index (χ2n) is 4.90. The summed E-state index contributed by atoms with van der Waals surface area (Å²) in [6.07, 6.45) is 2.90. The van der Waals surface area contributed by atoms with E-state index in [2.05, 4.69) is 41.7 Å². The van der Waals surface area contributed by atoms with E-state index in [0.717, 1.165) is 19.0 Å². The third-order valence-electron chi connectivity index (χ3n) is 3.18. The number of hydrogen-bond acceptors (Lipinski definition) is 3. The van der Waals surface area contributed by atoms with Gasteiger partial charge >= 0.3 is 0 Å². The van der Waals surface area contributed by atoms with Crippen LogP contribution in [0.5, 0.6) is 0 Å². The Kier molecular flexibility index (Phi) is 4.38. The second-order valence-corrected chi connectivity index (χ2v) is 5.88. The maximum absolute atomic E-state index is 3.58. The highest BCUT2D eigenvalue weighted by Gasteiger charge is 2.22. The molecule has 2 rings (SSSR count). The molecule has 90 valence electrons. The highest BCUT2D eigenvalue weighted by molar-refractivity contribution is 7.10. The summed E-state index contributed by atoms with van der Waals surface area (Å²) in [4.78, 5) is 3.89. The molecule has 1 aliphatic carbocycles. The minimum atomic E-state index is 0.495. The molecule has 3 heteroatoms. The van der Waals surface area contributed by atoms with Crippen LogP contribution in [-0.2, 0) is 0 Å². The minimum Gasteiger partial charge on any atom is -0.308 e. The van der Waals surface area contributed by atoms with Crippen molar-refractivity contribution in [3.63, 3.8) is 0 Å². The van der Waals surface area contributed by atoms with Crippen LogP contribution < -0.4 is 5.32 Å². The predicted molar refractivity (Wildman–Crippen MR) is 71.0 cm³/mol. The largest absolute Gasteiger partial charge is 0.308 e. The molecule has 0 bridgehead atoms. The van der Waals surface area contributed by atoms with Crippen LogP contribution >= 0.6 is 11.3 Å². The molecule has 0 spiro atoms. The van der Waals surface area contributed by atoms with Gasteiger partial charge in [-0.3, -0.25) is 0 Å². The molecule has 1 unspecified atom stereocenters. The highest BCUT2D eigenvalue weighted by Crippen LogP contribution is 2.29. The Morgan fingerprint density at radius 3 is 3.00 bits per heavy atom. The summed E-state index contributed by atoms with van der Waals surface area (Å²) in [5.74, 6) is 1.000. The van der Waals surface area contributed by atoms with Crippen LogP contribution in [0.2, 0.25) is 0 Å². The predicted octanol–water partition coefficient (Wildman–Crippen LogP) is 2.74. The van der Waals surface area contributed by atoms with Crippen LogP contribution in [0.4, 0.5) is 0 Å². The summed E-state index contributed by atoms with van der Waals surface area (Å²) >= 11 is 1.83. The molecule has 0 aliphatic heterocycles. The number of thiophene rings is 1. The van der Waals surface area contributed by atoms with Crippen LogP contribution in [0.1, 0.15) is 30.7 Å². The van der Waals surface area contributed by atoms with E-state index >= 15 is 0 Å². The molecule has 1 aromatic heterocycles. The first-order valence-corrected chi connectivity index (χ1v) is 7.09. The van der Waals surface area contributed by atoms with Gasteiger partial charge in [0.05, 0.1) is 0 Å². The first-order valence-electron chi connectivity index (χ1n) is 6.21. The van der Waals surface area contributed by atoms with Crippen LogP contribution in [-0.4, -0.2) is 31.6 Å². The molecule has 2 nitrogen and oxygen atoms in total. The van der Waals surface area contributed by atoms with Crippen molar-refractivity contribution in [1.82, 2.24) is 10.2 Å². The van der Waals surface area contributed by atoms with Crippen molar-refractivity contribution in [3.8, 4) is 0 Å². The van der Waals surface area contributed by atoms with Crippen LogP contribution in [0.3, 0.4) is 0 Å². The maximum Gasteiger partial charge on any atom is 0.0386 e. The molecule has 0 saturated heterocycles. The average Bonchev–Trinajstić information content (AvgIpc) is 2.90. The summed E-state index contributed by atoms with van der Waals surface area (Å²) in [7, 11) is 2.23. The fourth-order valence-electron chi connectivity index (χ4n) is 1.94. The molecular formula is C13H22N2S. The van der Waals surface area contributed by atoms with Gasteiger partial charge in [-0.15, -0.1) is 11.3 Å². The smallest absolute Gasteiger partial charge is 0.0386 e. The summed E-state index contributed by atoms with van der Waals surface area (Å²) in [6.45, 7) is 5.77. The Labute approximate surface area is 103 Å². The standard InChI is InChI=1S/C13H22N2S/c1-11(13-4-3-9-16-13)14-7-8-15(2)10-12-5-6-12/h3-4,9,11-12,14H,5-8,10H2,1-2H3. The van der Waals surface area contributed by atoms with Crippen molar-refractivity contribution in [1.29, 1.82) is 0 Å². The molecule has 1 fully saturated rings. The zero-order chi connectivity index (χ0) is 11.4. The number of hydrogen-bond donors (Lipinski definition) is 1. The molecule has 1 heterocycles. The van der Waals surface area contributed by atoms with E-state index in [1.54, 1.807) is 0 Å². The van der Waals surface area contributed by atoms with Gasteiger partial charge in [0.1, 0.15) is 0 Å². The molecule has 1 atom stereocenters. The van der Waals surface area contributed by atoms with E-state index in [-0.39, 0.29) is 0 Å². The van der Waals surface area contributed by atoms with Gasteiger partial charge in [-0.05, 0) is 44.2 Å². The first-order chi connectivity index (χ1) is 7.75. The highest BCUT2D eigenvalue weighted by atomic mass is 32.1. The van der Waals surface area contributed by atoms with E-state index in [4.69, 9.17) is 0 Å². The molecule has 0 aromatic carbocycles. The zero-order valence-corrected chi connectivity index (χ0v) is 11.1. The monoisotopic (exact) mass is 238 g/mol. The Morgan fingerprint density at radius 2 is 2.38 bits per heavy atom. The van der Waals surface area contributed by atoms with Crippen LogP contribution in [0, 0.1) is 5.92 Å². The van der Waals surface area contributed by atoms with Gasteiger partial charge in [-0.1, -0.05) is 6.07 Å². The number of nitrogens with zero attached hydrogens (tertiary/aromatic N) is 1. The average molecular weight is 238 g/mol. The van der Waals surface area contributed by atoms with Gasteiger partial charge in [0.25, 0.3) is 0 Å². The normalized spacial score (nSPS) is 17.9. The number of rotatable bonds is 7. The molecule has 1 aromatic rings.